The van der Waals surface area contributed by atoms with Crippen molar-refractivity contribution in [3.8, 4) is 5.75 Å². The normalized spacial score (nSPS) is 32.0. The van der Waals surface area contributed by atoms with Crippen LogP contribution in [0, 0.1) is 5.92 Å². The lowest BCUT2D eigenvalue weighted by Gasteiger charge is -2.33. The van der Waals surface area contributed by atoms with E-state index in [1.165, 1.54) is 0 Å². The highest BCUT2D eigenvalue weighted by Gasteiger charge is 2.33. The molecule has 0 saturated carbocycles. The molecule has 0 radical (unpaired) electrons. The number of nitrogens with two attached hydrogens (primary N) is 1. The predicted molar refractivity (Wildman–Crippen MR) is 69.0 cm³/mol. The molecule has 0 amide bonds. The Labute approximate surface area is 109 Å². The maximum atomic E-state index is 6.22. The minimum atomic E-state index is 0.0810. The van der Waals surface area contributed by atoms with Gasteiger partial charge in [0.25, 0.3) is 0 Å². The molecule has 0 aliphatic carbocycles. The highest BCUT2D eigenvalue weighted by molar-refractivity contribution is 9.10. The van der Waals surface area contributed by atoms with E-state index in [-0.39, 0.29) is 12.1 Å². The van der Waals surface area contributed by atoms with Crippen LogP contribution in [-0.4, -0.2) is 19.3 Å². The molecule has 1 saturated heterocycles. The van der Waals surface area contributed by atoms with E-state index < -0.39 is 0 Å². The molecule has 1 fully saturated rings. The van der Waals surface area contributed by atoms with Crippen molar-refractivity contribution in [3.05, 3.63) is 28.2 Å². The zero-order valence-electron chi connectivity index (χ0n) is 9.56. The van der Waals surface area contributed by atoms with Gasteiger partial charge in [0, 0.05) is 35.0 Å². The highest BCUT2D eigenvalue weighted by Crippen LogP contribution is 2.38. The molecule has 3 rings (SSSR count). The van der Waals surface area contributed by atoms with Gasteiger partial charge in [0.2, 0.25) is 0 Å². The molecule has 2 heterocycles. The van der Waals surface area contributed by atoms with Gasteiger partial charge in [-0.1, -0.05) is 22.0 Å². The monoisotopic (exact) mass is 297 g/mol. The summed E-state index contributed by atoms with van der Waals surface area (Å²) < 4.78 is 12.5. The smallest absolute Gasteiger partial charge is 0.125 e. The summed E-state index contributed by atoms with van der Waals surface area (Å²) in [5, 5.41) is 0. The molecule has 2 N–H and O–H groups in total. The number of halogens is 1. The van der Waals surface area contributed by atoms with Gasteiger partial charge in [0.1, 0.15) is 11.9 Å². The molecule has 3 atom stereocenters. The second kappa shape index (κ2) is 4.59. The SMILES string of the molecule is NC1CC(C2CCOC2)Oc2cc(Br)ccc21. The Bertz CT molecular complexity index is 418. The summed E-state index contributed by atoms with van der Waals surface area (Å²) in [6.45, 7) is 1.66. The van der Waals surface area contributed by atoms with Gasteiger partial charge in [-0.05, 0) is 18.6 Å². The molecule has 17 heavy (non-hydrogen) atoms. The van der Waals surface area contributed by atoms with E-state index in [2.05, 4.69) is 15.9 Å². The quantitative estimate of drug-likeness (QED) is 0.867. The van der Waals surface area contributed by atoms with Gasteiger partial charge in [-0.25, -0.2) is 0 Å². The van der Waals surface area contributed by atoms with Crippen LogP contribution in [0.25, 0.3) is 0 Å². The zero-order chi connectivity index (χ0) is 11.8. The number of hydrogen-bond acceptors (Lipinski definition) is 3. The minimum absolute atomic E-state index is 0.0810. The Morgan fingerprint density at radius 3 is 3.00 bits per heavy atom. The standard InChI is InChI=1S/C13H16BrNO2/c14-9-1-2-10-11(15)6-12(17-13(10)5-9)8-3-4-16-7-8/h1-2,5,8,11-12H,3-4,6-7,15H2. The number of rotatable bonds is 1. The molecule has 0 spiro atoms. The van der Waals surface area contributed by atoms with Crippen LogP contribution >= 0.6 is 15.9 Å². The lowest BCUT2D eigenvalue weighted by Crippen LogP contribution is -2.35. The summed E-state index contributed by atoms with van der Waals surface area (Å²) in [6.07, 6.45) is 2.18. The third-order valence-electron chi connectivity index (χ3n) is 3.63. The van der Waals surface area contributed by atoms with Crippen molar-refractivity contribution in [1.29, 1.82) is 0 Å². The maximum Gasteiger partial charge on any atom is 0.125 e. The van der Waals surface area contributed by atoms with Crippen LogP contribution in [0.3, 0.4) is 0 Å². The molecule has 1 aromatic carbocycles. The van der Waals surface area contributed by atoms with E-state index in [0.29, 0.717) is 5.92 Å². The first-order valence-electron chi connectivity index (χ1n) is 6.03. The minimum Gasteiger partial charge on any atom is -0.490 e. The van der Waals surface area contributed by atoms with Crippen molar-refractivity contribution in [2.75, 3.05) is 13.2 Å². The third kappa shape index (κ3) is 2.21. The van der Waals surface area contributed by atoms with E-state index in [0.717, 1.165) is 41.8 Å². The second-order valence-corrected chi connectivity index (χ2v) is 5.72. The number of fused-ring (bicyclic) bond motifs is 1. The fourth-order valence-corrected chi connectivity index (χ4v) is 2.98. The van der Waals surface area contributed by atoms with Gasteiger partial charge in [-0.15, -0.1) is 0 Å². The Hall–Kier alpha value is -0.580. The zero-order valence-corrected chi connectivity index (χ0v) is 11.2. The van der Waals surface area contributed by atoms with Crippen molar-refractivity contribution in [1.82, 2.24) is 0 Å². The average Bonchev–Trinajstić information content (AvgIpc) is 2.81. The average molecular weight is 298 g/mol. The summed E-state index contributed by atoms with van der Waals surface area (Å²) >= 11 is 3.47. The Morgan fingerprint density at radius 2 is 2.24 bits per heavy atom. The summed E-state index contributed by atoms with van der Waals surface area (Å²) in [7, 11) is 0. The molecule has 3 unspecified atom stereocenters. The van der Waals surface area contributed by atoms with Crippen molar-refractivity contribution < 1.29 is 9.47 Å². The van der Waals surface area contributed by atoms with Crippen LogP contribution in [0.1, 0.15) is 24.4 Å². The fraction of sp³-hybridized carbons (Fsp3) is 0.538. The largest absolute Gasteiger partial charge is 0.490 e. The van der Waals surface area contributed by atoms with Gasteiger partial charge >= 0.3 is 0 Å². The Morgan fingerprint density at radius 1 is 1.35 bits per heavy atom. The van der Waals surface area contributed by atoms with E-state index in [1.807, 2.05) is 18.2 Å². The molecule has 92 valence electrons. The molecule has 0 bridgehead atoms. The molecule has 2 aliphatic rings. The molecule has 0 aromatic heterocycles. The summed E-state index contributed by atoms with van der Waals surface area (Å²) in [5.74, 6) is 1.42. The van der Waals surface area contributed by atoms with Gasteiger partial charge in [0.05, 0.1) is 6.61 Å². The first-order valence-corrected chi connectivity index (χ1v) is 6.83. The Balaban J connectivity index is 1.85. The van der Waals surface area contributed by atoms with Crippen molar-refractivity contribution >= 4 is 15.9 Å². The molecule has 1 aromatic rings. The molecule has 3 nitrogen and oxygen atoms in total. The Kier molecular flexibility index (Phi) is 3.11. The van der Waals surface area contributed by atoms with Crippen LogP contribution in [0.2, 0.25) is 0 Å². The fourth-order valence-electron chi connectivity index (χ4n) is 2.64. The van der Waals surface area contributed by atoms with Crippen LogP contribution in [0.4, 0.5) is 0 Å². The molecule has 4 heteroatoms. The van der Waals surface area contributed by atoms with Crippen LogP contribution < -0.4 is 10.5 Å². The van der Waals surface area contributed by atoms with E-state index in [9.17, 15) is 0 Å². The highest BCUT2D eigenvalue weighted by atomic mass is 79.9. The summed E-state index contributed by atoms with van der Waals surface area (Å²) in [5.41, 5.74) is 7.33. The number of ether oxygens (including phenoxy) is 2. The van der Waals surface area contributed by atoms with Crippen molar-refractivity contribution in [2.24, 2.45) is 11.7 Å². The van der Waals surface area contributed by atoms with Crippen LogP contribution in [0.5, 0.6) is 5.75 Å². The third-order valence-corrected chi connectivity index (χ3v) is 4.12. The van der Waals surface area contributed by atoms with Gasteiger partial charge in [-0.3, -0.25) is 0 Å². The molecular weight excluding hydrogens is 282 g/mol. The first kappa shape index (κ1) is 11.5. The van der Waals surface area contributed by atoms with Gasteiger partial charge in [0.15, 0.2) is 0 Å². The summed E-state index contributed by atoms with van der Waals surface area (Å²) in [4.78, 5) is 0. The second-order valence-electron chi connectivity index (χ2n) is 4.80. The topological polar surface area (TPSA) is 44.5 Å². The van der Waals surface area contributed by atoms with Crippen LogP contribution in [-0.2, 0) is 4.74 Å². The lowest BCUT2D eigenvalue weighted by molar-refractivity contribution is 0.0854. The lowest BCUT2D eigenvalue weighted by atomic mass is 9.90. The van der Waals surface area contributed by atoms with Gasteiger partial charge < -0.3 is 15.2 Å². The number of benzene rings is 1. The van der Waals surface area contributed by atoms with Crippen molar-refractivity contribution in [2.45, 2.75) is 25.0 Å². The van der Waals surface area contributed by atoms with Crippen LogP contribution in [0.15, 0.2) is 22.7 Å². The first-order chi connectivity index (χ1) is 8.24. The van der Waals surface area contributed by atoms with Crippen molar-refractivity contribution in [3.63, 3.8) is 0 Å². The maximum absolute atomic E-state index is 6.22. The molecular formula is C13H16BrNO2. The van der Waals surface area contributed by atoms with E-state index in [1.54, 1.807) is 0 Å². The van der Waals surface area contributed by atoms with E-state index >= 15 is 0 Å². The van der Waals surface area contributed by atoms with Gasteiger partial charge in [-0.2, -0.15) is 0 Å². The number of hydrogen-bond donors (Lipinski definition) is 1. The summed E-state index contributed by atoms with van der Waals surface area (Å²) in [6, 6.07) is 6.15. The molecule has 2 aliphatic heterocycles. The predicted octanol–water partition coefficient (Wildman–Crippen LogP) is 2.64. The van der Waals surface area contributed by atoms with E-state index in [4.69, 9.17) is 15.2 Å².